The zero-order chi connectivity index (χ0) is 17.1. The maximum atomic E-state index is 12.1. The SMILES string of the molecule is CCOC(=O)c1nc2c(O)cccn2c1N=Nc1cccc(C)c1. The van der Waals surface area contributed by atoms with Crippen molar-refractivity contribution in [2.75, 3.05) is 6.61 Å². The van der Waals surface area contributed by atoms with Crippen LogP contribution in [0.4, 0.5) is 11.5 Å². The van der Waals surface area contributed by atoms with Gasteiger partial charge >= 0.3 is 5.97 Å². The molecule has 0 unspecified atom stereocenters. The summed E-state index contributed by atoms with van der Waals surface area (Å²) in [5, 5.41) is 18.3. The van der Waals surface area contributed by atoms with Crippen LogP contribution in [0.5, 0.6) is 5.75 Å². The number of rotatable bonds is 4. The van der Waals surface area contributed by atoms with Gasteiger partial charge < -0.3 is 9.84 Å². The van der Waals surface area contributed by atoms with Crippen LogP contribution in [0, 0.1) is 6.92 Å². The van der Waals surface area contributed by atoms with Gasteiger partial charge in [-0.25, -0.2) is 9.78 Å². The van der Waals surface area contributed by atoms with Gasteiger partial charge in [0.2, 0.25) is 0 Å². The molecule has 3 aromatic rings. The minimum absolute atomic E-state index is 0.00903. The first-order chi connectivity index (χ1) is 11.6. The number of fused-ring (bicyclic) bond motifs is 1. The summed E-state index contributed by atoms with van der Waals surface area (Å²) in [4.78, 5) is 16.3. The summed E-state index contributed by atoms with van der Waals surface area (Å²) in [6, 6.07) is 10.6. The number of hydrogen-bond acceptors (Lipinski definition) is 6. The molecule has 0 saturated heterocycles. The van der Waals surface area contributed by atoms with Gasteiger partial charge in [0.15, 0.2) is 22.9 Å². The van der Waals surface area contributed by atoms with Gasteiger partial charge in [0.25, 0.3) is 0 Å². The van der Waals surface area contributed by atoms with Crippen LogP contribution in [0.15, 0.2) is 52.8 Å². The number of nitrogens with zero attached hydrogens (tertiary/aromatic N) is 4. The fourth-order valence-corrected chi connectivity index (χ4v) is 2.27. The summed E-state index contributed by atoms with van der Waals surface area (Å²) in [5.41, 5.74) is 1.93. The molecule has 7 nitrogen and oxygen atoms in total. The van der Waals surface area contributed by atoms with Crippen molar-refractivity contribution in [3.8, 4) is 5.75 Å². The standard InChI is InChI=1S/C17H16N4O3/c1-3-24-17(23)14-16(20-19-12-7-4-6-11(2)10-12)21-9-5-8-13(22)15(21)18-14/h4-10,22H,3H2,1-2H3. The van der Waals surface area contributed by atoms with Gasteiger partial charge in [-0.1, -0.05) is 12.1 Å². The molecular weight excluding hydrogens is 308 g/mol. The maximum absolute atomic E-state index is 12.1. The van der Waals surface area contributed by atoms with Gasteiger partial charge in [-0.05, 0) is 43.7 Å². The lowest BCUT2D eigenvalue weighted by Gasteiger charge is -2.00. The molecule has 0 bridgehead atoms. The molecule has 0 spiro atoms. The molecule has 24 heavy (non-hydrogen) atoms. The van der Waals surface area contributed by atoms with Crippen molar-refractivity contribution >= 4 is 23.1 Å². The number of aryl methyl sites for hydroxylation is 1. The fourth-order valence-electron chi connectivity index (χ4n) is 2.27. The number of ether oxygens (including phenoxy) is 1. The van der Waals surface area contributed by atoms with Crippen LogP contribution in [0.25, 0.3) is 5.65 Å². The Morgan fingerprint density at radius 1 is 1.29 bits per heavy atom. The van der Waals surface area contributed by atoms with Crippen LogP contribution < -0.4 is 0 Å². The zero-order valence-electron chi connectivity index (χ0n) is 13.3. The number of imidazole rings is 1. The molecular formula is C17H16N4O3. The van der Waals surface area contributed by atoms with Crippen LogP contribution >= 0.6 is 0 Å². The molecule has 1 N–H and O–H groups in total. The average molecular weight is 324 g/mol. The second kappa shape index (κ2) is 6.49. The molecule has 122 valence electrons. The van der Waals surface area contributed by atoms with Crippen molar-refractivity contribution in [3.63, 3.8) is 0 Å². The zero-order valence-corrected chi connectivity index (χ0v) is 13.3. The predicted octanol–water partition coefficient (Wildman–Crippen LogP) is 3.94. The highest BCUT2D eigenvalue weighted by Crippen LogP contribution is 2.28. The van der Waals surface area contributed by atoms with E-state index >= 15 is 0 Å². The van der Waals surface area contributed by atoms with E-state index in [0.717, 1.165) is 5.56 Å². The molecule has 0 saturated carbocycles. The van der Waals surface area contributed by atoms with Gasteiger partial charge in [-0.15, -0.1) is 10.2 Å². The minimum Gasteiger partial charge on any atom is -0.504 e. The quantitative estimate of drug-likeness (QED) is 0.581. The van der Waals surface area contributed by atoms with Crippen molar-refractivity contribution in [1.82, 2.24) is 9.38 Å². The molecule has 2 aromatic heterocycles. The molecule has 1 aromatic carbocycles. The number of aromatic nitrogens is 2. The molecule has 0 amide bonds. The molecule has 0 aliphatic carbocycles. The Bertz CT molecular complexity index is 931. The third-order valence-electron chi connectivity index (χ3n) is 3.33. The van der Waals surface area contributed by atoms with Gasteiger partial charge in [-0.2, -0.15) is 0 Å². The highest BCUT2D eigenvalue weighted by atomic mass is 16.5. The first-order valence-corrected chi connectivity index (χ1v) is 7.45. The van der Waals surface area contributed by atoms with E-state index in [2.05, 4.69) is 15.2 Å². The number of benzene rings is 1. The molecule has 2 heterocycles. The van der Waals surface area contributed by atoms with E-state index in [0.29, 0.717) is 5.69 Å². The van der Waals surface area contributed by atoms with E-state index < -0.39 is 5.97 Å². The van der Waals surface area contributed by atoms with Crippen LogP contribution in [0.2, 0.25) is 0 Å². The Morgan fingerprint density at radius 2 is 2.12 bits per heavy atom. The monoisotopic (exact) mass is 324 g/mol. The van der Waals surface area contributed by atoms with Crippen LogP contribution in [0.1, 0.15) is 23.0 Å². The highest BCUT2D eigenvalue weighted by molar-refractivity contribution is 5.93. The van der Waals surface area contributed by atoms with E-state index in [1.54, 1.807) is 25.3 Å². The maximum Gasteiger partial charge on any atom is 0.360 e. The number of pyridine rings is 1. The Morgan fingerprint density at radius 3 is 2.88 bits per heavy atom. The molecule has 0 radical (unpaired) electrons. The lowest BCUT2D eigenvalue weighted by atomic mass is 10.2. The van der Waals surface area contributed by atoms with Gasteiger partial charge in [0.1, 0.15) is 0 Å². The van der Waals surface area contributed by atoms with E-state index in [1.807, 2.05) is 25.1 Å². The van der Waals surface area contributed by atoms with E-state index in [4.69, 9.17) is 4.74 Å². The lowest BCUT2D eigenvalue weighted by molar-refractivity contribution is 0.0521. The lowest BCUT2D eigenvalue weighted by Crippen LogP contribution is -2.05. The molecule has 0 atom stereocenters. The second-order valence-corrected chi connectivity index (χ2v) is 5.13. The van der Waals surface area contributed by atoms with Crippen LogP contribution in [-0.2, 0) is 4.74 Å². The Balaban J connectivity index is 2.12. The summed E-state index contributed by atoms with van der Waals surface area (Å²) in [6.45, 7) is 3.88. The van der Waals surface area contributed by atoms with Crippen molar-refractivity contribution in [1.29, 1.82) is 0 Å². The van der Waals surface area contributed by atoms with Gasteiger partial charge in [0.05, 0.1) is 12.3 Å². The molecule has 0 aliphatic heterocycles. The van der Waals surface area contributed by atoms with Crippen molar-refractivity contribution in [2.45, 2.75) is 13.8 Å². The predicted molar refractivity (Wildman–Crippen MR) is 88.2 cm³/mol. The average Bonchev–Trinajstić information content (AvgIpc) is 2.93. The number of aromatic hydroxyl groups is 1. The fraction of sp³-hybridized carbons (Fsp3) is 0.176. The summed E-state index contributed by atoms with van der Waals surface area (Å²) in [5.74, 6) is -0.459. The third-order valence-corrected chi connectivity index (χ3v) is 3.33. The largest absolute Gasteiger partial charge is 0.504 e. The molecule has 7 heteroatoms. The van der Waals surface area contributed by atoms with Crippen LogP contribution in [-0.4, -0.2) is 27.1 Å². The molecule has 0 fully saturated rings. The highest BCUT2D eigenvalue weighted by Gasteiger charge is 2.21. The van der Waals surface area contributed by atoms with Crippen molar-refractivity contribution < 1.29 is 14.6 Å². The first-order valence-electron chi connectivity index (χ1n) is 7.45. The second-order valence-electron chi connectivity index (χ2n) is 5.13. The number of hydrogen-bond donors (Lipinski definition) is 1. The summed E-state index contributed by atoms with van der Waals surface area (Å²) in [6.07, 6.45) is 1.65. The van der Waals surface area contributed by atoms with Gasteiger partial charge in [0, 0.05) is 6.20 Å². The third kappa shape index (κ3) is 2.96. The van der Waals surface area contributed by atoms with Gasteiger partial charge in [-0.3, -0.25) is 4.40 Å². The summed E-state index contributed by atoms with van der Waals surface area (Å²) in [7, 11) is 0. The molecule has 3 rings (SSSR count). The molecule has 0 aliphatic rings. The number of azo groups is 1. The number of carbonyl (C=O) groups excluding carboxylic acids is 1. The first kappa shape index (κ1) is 15.7. The topological polar surface area (TPSA) is 88.5 Å². The Hall–Kier alpha value is -3.22. The minimum atomic E-state index is -0.612. The van der Waals surface area contributed by atoms with Crippen molar-refractivity contribution in [3.05, 3.63) is 53.9 Å². The van der Waals surface area contributed by atoms with E-state index in [9.17, 15) is 9.90 Å². The normalized spacial score (nSPS) is 11.2. The van der Waals surface area contributed by atoms with E-state index in [-0.39, 0.29) is 29.5 Å². The number of carbonyl (C=O) groups is 1. The summed E-state index contributed by atoms with van der Waals surface area (Å²) >= 11 is 0. The smallest absolute Gasteiger partial charge is 0.360 e. The van der Waals surface area contributed by atoms with E-state index in [1.165, 1.54) is 10.5 Å². The number of esters is 1. The van der Waals surface area contributed by atoms with Crippen LogP contribution in [0.3, 0.4) is 0 Å². The Kier molecular flexibility index (Phi) is 4.24. The van der Waals surface area contributed by atoms with Crippen molar-refractivity contribution in [2.24, 2.45) is 10.2 Å². The Labute approximate surface area is 138 Å². The summed E-state index contributed by atoms with van der Waals surface area (Å²) < 4.78 is 6.51.